The van der Waals surface area contributed by atoms with Crippen LogP contribution >= 0.6 is 0 Å². The van der Waals surface area contributed by atoms with Crippen LogP contribution in [0, 0.1) is 0 Å². The molecule has 0 aromatic heterocycles. The van der Waals surface area contributed by atoms with Crippen LogP contribution in [0.2, 0.25) is 0 Å². The van der Waals surface area contributed by atoms with Gasteiger partial charge in [0.05, 0.1) is 0 Å². The Labute approximate surface area is 130 Å². The fourth-order valence-corrected chi connectivity index (χ4v) is 2.86. The first-order chi connectivity index (χ1) is 10.2. The summed E-state index contributed by atoms with van der Waals surface area (Å²) in [4.78, 5) is 5.20. The Morgan fingerprint density at radius 1 is 0.952 bits per heavy atom. The Morgan fingerprint density at radius 3 is 2.29 bits per heavy atom. The summed E-state index contributed by atoms with van der Waals surface area (Å²) in [5, 5.41) is 3.49. The van der Waals surface area contributed by atoms with Crippen LogP contribution in [0.25, 0.3) is 0 Å². The quantitative estimate of drug-likeness (QED) is 0.742. The van der Waals surface area contributed by atoms with E-state index in [-0.39, 0.29) is 0 Å². The molecular weight excluding hydrogens is 258 g/mol. The zero-order chi connectivity index (χ0) is 14.9. The molecule has 1 saturated heterocycles. The third-order valence-corrected chi connectivity index (χ3v) is 4.17. The molecule has 0 spiro atoms. The molecule has 1 aromatic carbocycles. The maximum Gasteiger partial charge on any atom is 0.0234 e. The maximum atomic E-state index is 3.49. The van der Waals surface area contributed by atoms with Gasteiger partial charge in [0.15, 0.2) is 0 Å². The van der Waals surface area contributed by atoms with Crippen molar-refractivity contribution in [1.29, 1.82) is 0 Å². The first-order valence-electron chi connectivity index (χ1n) is 8.46. The highest BCUT2D eigenvalue weighted by atomic mass is 15.3. The highest BCUT2D eigenvalue weighted by Gasteiger charge is 2.16. The molecule has 1 aliphatic heterocycles. The van der Waals surface area contributed by atoms with E-state index in [1.54, 1.807) is 0 Å². The molecule has 21 heavy (non-hydrogen) atoms. The molecule has 0 amide bonds. The standard InChI is InChI=1S/C18H31N3/c1-17(2)19-10-6-7-11-20-12-14-21(15-13-20)16-18-8-4-3-5-9-18/h3-5,8-9,17,19H,6-7,10-16H2,1-2H3. The summed E-state index contributed by atoms with van der Waals surface area (Å²) in [7, 11) is 0. The fraction of sp³-hybridized carbons (Fsp3) is 0.667. The van der Waals surface area contributed by atoms with Gasteiger partial charge in [0, 0.05) is 38.8 Å². The van der Waals surface area contributed by atoms with E-state index in [2.05, 4.69) is 59.3 Å². The van der Waals surface area contributed by atoms with Crippen LogP contribution in [0.4, 0.5) is 0 Å². The van der Waals surface area contributed by atoms with Gasteiger partial charge in [0.1, 0.15) is 0 Å². The molecule has 2 rings (SSSR count). The molecule has 0 radical (unpaired) electrons. The molecule has 0 atom stereocenters. The number of rotatable bonds is 8. The van der Waals surface area contributed by atoms with Crippen LogP contribution in [0.1, 0.15) is 32.3 Å². The van der Waals surface area contributed by atoms with Crippen molar-refractivity contribution in [2.45, 2.75) is 39.3 Å². The molecule has 1 aliphatic rings. The Balaban J connectivity index is 1.56. The molecule has 118 valence electrons. The van der Waals surface area contributed by atoms with Gasteiger partial charge in [-0.25, -0.2) is 0 Å². The second-order valence-corrected chi connectivity index (χ2v) is 6.42. The van der Waals surface area contributed by atoms with E-state index in [0.717, 1.165) is 13.1 Å². The minimum atomic E-state index is 0.617. The normalized spacial score (nSPS) is 17.5. The summed E-state index contributed by atoms with van der Waals surface area (Å²) in [6.45, 7) is 12.8. The van der Waals surface area contributed by atoms with Gasteiger partial charge < -0.3 is 10.2 Å². The van der Waals surface area contributed by atoms with Gasteiger partial charge in [-0.15, -0.1) is 0 Å². The maximum absolute atomic E-state index is 3.49. The van der Waals surface area contributed by atoms with Gasteiger partial charge in [-0.1, -0.05) is 44.2 Å². The number of hydrogen-bond acceptors (Lipinski definition) is 3. The van der Waals surface area contributed by atoms with Crippen molar-refractivity contribution in [3.05, 3.63) is 35.9 Å². The number of hydrogen-bond donors (Lipinski definition) is 1. The number of unbranched alkanes of at least 4 members (excludes halogenated alkanes) is 1. The van der Waals surface area contributed by atoms with E-state index in [9.17, 15) is 0 Å². The van der Waals surface area contributed by atoms with E-state index >= 15 is 0 Å². The molecule has 1 fully saturated rings. The lowest BCUT2D eigenvalue weighted by atomic mass is 10.2. The number of piperazine rings is 1. The van der Waals surface area contributed by atoms with Crippen molar-refractivity contribution in [3.8, 4) is 0 Å². The van der Waals surface area contributed by atoms with Gasteiger partial charge in [-0.3, -0.25) is 4.90 Å². The first kappa shape index (κ1) is 16.5. The molecule has 3 heteroatoms. The molecule has 0 saturated carbocycles. The van der Waals surface area contributed by atoms with Gasteiger partial charge in [-0.2, -0.15) is 0 Å². The average Bonchev–Trinajstić information content (AvgIpc) is 2.49. The largest absolute Gasteiger partial charge is 0.315 e. The number of benzene rings is 1. The monoisotopic (exact) mass is 289 g/mol. The highest BCUT2D eigenvalue weighted by Crippen LogP contribution is 2.08. The Kier molecular flexibility index (Phi) is 7.20. The molecule has 0 unspecified atom stereocenters. The third kappa shape index (κ3) is 6.60. The minimum absolute atomic E-state index is 0.617. The fourth-order valence-electron chi connectivity index (χ4n) is 2.86. The van der Waals surface area contributed by atoms with E-state index in [4.69, 9.17) is 0 Å². The third-order valence-electron chi connectivity index (χ3n) is 4.17. The van der Waals surface area contributed by atoms with E-state index < -0.39 is 0 Å². The number of nitrogens with one attached hydrogen (secondary N) is 1. The summed E-state index contributed by atoms with van der Waals surface area (Å²) < 4.78 is 0. The summed E-state index contributed by atoms with van der Waals surface area (Å²) in [6.07, 6.45) is 2.61. The molecule has 1 N–H and O–H groups in total. The molecular formula is C18H31N3. The second kappa shape index (κ2) is 9.19. The van der Waals surface area contributed by atoms with Crippen molar-refractivity contribution >= 4 is 0 Å². The van der Waals surface area contributed by atoms with E-state index in [1.165, 1.54) is 51.1 Å². The SMILES string of the molecule is CC(C)NCCCCN1CCN(Cc2ccccc2)CC1. The van der Waals surface area contributed by atoms with E-state index in [1.807, 2.05) is 0 Å². The molecule has 1 aromatic rings. The van der Waals surface area contributed by atoms with Gasteiger partial charge in [-0.05, 0) is 31.5 Å². The topological polar surface area (TPSA) is 18.5 Å². The summed E-state index contributed by atoms with van der Waals surface area (Å²) in [5.74, 6) is 0. The van der Waals surface area contributed by atoms with E-state index in [0.29, 0.717) is 6.04 Å². The lowest BCUT2D eigenvalue weighted by molar-refractivity contribution is 0.125. The van der Waals surface area contributed by atoms with Gasteiger partial charge >= 0.3 is 0 Å². The highest BCUT2D eigenvalue weighted by molar-refractivity contribution is 5.14. The van der Waals surface area contributed by atoms with Crippen LogP contribution in [0.15, 0.2) is 30.3 Å². The summed E-state index contributed by atoms with van der Waals surface area (Å²) in [5.41, 5.74) is 1.44. The summed E-state index contributed by atoms with van der Waals surface area (Å²) in [6, 6.07) is 11.4. The van der Waals surface area contributed by atoms with Crippen molar-refractivity contribution in [2.75, 3.05) is 39.3 Å². The van der Waals surface area contributed by atoms with Crippen molar-refractivity contribution in [3.63, 3.8) is 0 Å². The lowest BCUT2D eigenvalue weighted by Gasteiger charge is -2.34. The molecule has 3 nitrogen and oxygen atoms in total. The van der Waals surface area contributed by atoms with Crippen LogP contribution < -0.4 is 5.32 Å². The second-order valence-electron chi connectivity index (χ2n) is 6.42. The molecule has 0 bridgehead atoms. The summed E-state index contributed by atoms with van der Waals surface area (Å²) >= 11 is 0. The molecule has 0 aliphatic carbocycles. The van der Waals surface area contributed by atoms with Gasteiger partial charge in [0.2, 0.25) is 0 Å². The molecule has 1 heterocycles. The Bertz CT molecular complexity index is 369. The zero-order valence-electron chi connectivity index (χ0n) is 13.7. The predicted octanol–water partition coefficient (Wildman–Crippen LogP) is 2.58. The van der Waals surface area contributed by atoms with Crippen molar-refractivity contribution in [2.24, 2.45) is 0 Å². The Morgan fingerprint density at radius 2 is 1.62 bits per heavy atom. The lowest BCUT2D eigenvalue weighted by Crippen LogP contribution is -2.46. The first-order valence-corrected chi connectivity index (χ1v) is 8.46. The van der Waals surface area contributed by atoms with Crippen LogP contribution in [0.3, 0.4) is 0 Å². The predicted molar refractivity (Wildman–Crippen MR) is 90.5 cm³/mol. The van der Waals surface area contributed by atoms with Crippen LogP contribution in [-0.4, -0.2) is 55.1 Å². The van der Waals surface area contributed by atoms with Crippen LogP contribution in [0.5, 0.6) is 0 Å². The minimum Gasteiger partial charge on any atom is -0.315 e. The average molecular weight is 289 g/mol. The zero-order valence-corrected chi connectivity index (χ0v) is 13.7. The van der Waals surface area contributed by atoms with Crippen molar-refractivity contribution in [1.82, 2.24) is 15.1 Å². The smallest absolute Gasteiger partial charge is 0.0234 e. The van der Waals surface area contributed by atoms with Gasteiger partial charge in [0.25, 0.3) is 0 Å². The Hall–Kier alpha value is -0.900. The van der Waals surface area contributed by atoms with Crippen molar-refractivity contribution < 1.29 is 0 Å². The van der Waals surface area contributed by atoms with Crippen LogP contribution in [-0.2, 0) is 6.54 Å². The number of nitrogens with zero attached hydrogens (tertiary/aromatic N) is 2.